The maximum atomic E-state index is 9.01. The van der Waals surface area contributed by atoms with E-state index in [1.54, 1.807) is 4.90 Å². The number of hydrogen-bond donors (Lipinski definition) is 1. The Labute approximate surface area is 54.5 Å². The minimum Gasteiger partial charge on any atom is -0.391 e. The molecule has 1 saturated heterocycles. The Kier molecular flexibility index (Phi) is 1.58. The van der Waals surface area contributed by atoms with Gasteiger partial charge in [0.1, 0.15) is 0 Å². The Bertz CT molecular complexity index is 140. The Hall–Kier alpha value is -0.750. The lowest BCUT2D eigenvalue weighted by Crippen LogP contribution is -2.21. The van der Waals surface area contributed by atoms with Crippen molar-refractivity contribution in [2.75, 3.05) is 6.54 Å². The van der Waals surface area contributed by atoms with Crippen molar-refractivity contribution in [3.05, 3.63) is 0 Å². The second-order valence-electron chi connectivity index (χ2n) is 2.49. The van der Waals surface area contributed by atoms with Gasteiger partial charge in [-0.05, 0) is 13.3 Å². The van der Waals surface area contributed by atoms with E-state index in [0.717, 1.165) is 6.42 Å². The number of β-amino-alcohol motifs (C(OH)–C–C–N with tert-alkyl or cyclic N) is 1. The summed E-state index contributed by atoms with van der Waals surface area (Å²) in [5.41, 5.74) is 0. The van der Waals surface area contributed by atoms with Crippen molar-refractivity contribution < 1.29 is 5.11 Å². The van der Waals surface area contributed by atoms with Crippen LogP contribution in [-0.2, 0) is 0 Å². The Morgan fingerprint density at radius 2 is 2.44 bits per heavy atom. The van der Waals surface area contributed by atoms with Crippen molar-refractivity contribution in [1.29, 1.82) is 5.26 Å². The molecule has 50 valence electrons. The minimum atomic E-state index is -0.292. The third-order valence-electron chi connectivity index (χ3n) is 1.68. The largest absolute Gasteiger partial charge is 0.391 e. The van der Waals surface area contributed by atoms with Crippen LogP contribution in [0.3, 0.4) is 0 Å². The van der Waals surface area contributed by atoms with Crippen LogP contribution in [0.2, 0.25) is 0 Å². The van der Waals surface area contributed by atoms with Gasteiger partial charge in [-0.2, -0.15) is 5.26 Å². The van der Waals surface area contributed by atoms with E-state index in [4.69, 9.17) is 10.4 Å². The number of nitriles is 1. The molecular weight excluding hydrogens is 116 g/mol. The average Bonchev–Trinajstić information content (AvgIpc) is 2.10. The smallest absolute Gasteiger partial charge is 0.179 e. The first kappa shape index (κ1) is 6.37. The van der Waals surface area contributed by atoms with E-state index in [2.05, 4.69) is 0 Å². The molecule has 3 nitrogen and oxygen atoms in total. The maximum absolute atomic E-state index is 9.01. The molecule has 1 aliphatic rings. The molecule has 1 heterocycles. The van der Waals surface area contributed by atoms with Gasteiger partial charge in [0.2, 0.25) is 0 Å². The zero-order valence-corrected chi connectivity index (χ0v) is 5.41. The van der Waals surface area contributed by atoms with Crippen molar-refractivity contribution in [3.63, 3.8) is 0 Å². The third kappa shape index (κ3) is 1.14. The lowest BCUT2D eigenvalue weighted by Gasteiger charge is -2.10. The van der Waals surface area contributed by atoms with Gasteiger partial charge in [-0.15, -0.1) is 0 Å². The predicted octanol–water partition coefficient (Wildman–Crippen LogP) is -0.0774. The molecule has 0 unspecified atom stereocenters. The summed E-state index contributed by atoms with van der Waals surface area (Å²) in [4.78, 5) is 1.60. The standard InChI is InChI=1S/C6H10N2O/c1-5-2-6(9)3-8(5)4-7/h5-6,9H,2-3H2,1H3/t5-,6-/m1/s1. The average molecular weight is 126 g/mol. The van der Waals surface area contributed by atoms with Crippen LogP contribution in [0.15, 0.2) is 0 Å². The lowest BCUT2D eigenvalue weighted by atomic mass is 10.2. The van der Waals surface area contributed by atoms with Crippen LogP contribution >= 0.6 is 0 Å². The Balaban J connectivity index is 2.50. The fraction of sp³-hybridized carbons (Fsp3) is 0.833. The zero-order chi connectivity index (χ0) is 6.85. The first-order valence-corrected chi connectivity index (χ1v) is 3.08. The van der Waals surface area contributed by atoms with Crippen molar-refractivity contribution in [2.45, 2.75) is 25.5 Å². The molecule has 1 aliphatic heterocycles. The molecule has 0 bridgehead atoms. The lowest BCUT2D eigenvalue weighted by molar-refractivity contribution is 0.186. The summed E-state index contributed by atoms with van der Waals surface area (Å²) in [6.07, 6.45) is 2.46. The quantitative estimate of drug-likeness (QED) is 0.462. The molecule has 1 N–H and O–H groups in total. The highest BCUT2D eigenvalue weighted by atomic mass is 16.3. The van der Waals surface area contributed by atoms with E-state index in [-0.39, 0.29) is 12.1 Å². The van der Waals surface area contributed by atoms with Crippen LogP contribution in [0.5, 0.6) is 0 Å². The van der Waals surface area contributed by atoms with Crippen LogP contribution in [0.25, 0.3) is 0 Å². The molecule has 1 fully saturated rings. The predicted molar refractivity (Wildman–Crippen MR) is 32.4 cm³/mol. The van der Waals surface area contributed by atoms with Crippen LogP contribution in [-0.4, -0.2) is 28.7 Å². The summed E-state index contributed by atoms with van der Waals surface area (Å²) >= 11 is 0. The molecule has 1 rings (SSSR count). The van der Waals surface area contributed by atoms with Gasteiger partial charge in [0.25, 0.3) is 0 Å². The van der Waals surface area contributed by atoms with Gasteiger partial charge in [-0.3, -0.25) is 0 Å². The molecule has 0 amide bonds. The summed E-state index contributed by atoms with van der Waals surface area (Å²) in [7, 11) is 0. The molecule has 0 aromatic rings. The van der Waals surface area contributed by atoms with E-state index in [1.165, 1.54) is 0 Å². The minimum absolute atomic E-state index is 0.227. The van der Waals surface area contributed by atoms with Gasteiger partial charge < -0.3 is 10.0 Å². The summed E-state index contributed by atoms with van der Waals surface area (Å²) in [5, 5.41) is 17.4. The van der Waals surface area contributed by atoms with Crippen LogP contribution < -0.4 is 0 Å². The molecule has 0 saturated carbocycles. The summed E-state index contributed by atoms with van der Waals surface area (Å²) in [6.45, 7) is 2.46. The third-order valence-corrected chi connectivity index (χ3v) is 1.68. The molecule has 9 heavy (non-hydrogen) atoms. The first-order valence-electron chi connectivity index (χ1n) is 3.08. The number of nitrogens with zero attached hydrogens (tertiary/aromatic N) is 2. The molecule has 0 aromatic heterocycles. The van der Waals surface area contributed by atoms with E-state index in [0.29, 0.717) is 6.54 Å². The van der Waals surface area contributed by atoms with Crippen molar-refractivity contribution >= 4 is 0 Å². The van der Waals surface area contributed by atoms with Gasteiger partial charge in [0.15, 0.2) is 6.19 Å². The SMILES string of the molecule is C[C@@H]1C[C@@H](O)CN1C#N. The van der Waals surface area contributed by atoms with E-state index in [1.807, 2.05) is 13.1 Å². The number of aliphatic hydroxyl groups excluding tert-OH is 1. The molecule has 0 aromatic carbocycles. The second-order valence-corrected chi connectivity index (χ2v) is 2.49. The van der Waals surface area contributed by atoms with Crippen LogP contribution in [0.4, 0.5) is 0 Å². The number of aliphatic hydroxyl groups is 1. The summed E-state index contributed by atoms with van der Waals surface area (Å²) in [6, 6.07) is 0.227. The monoisotopic (exact) mass is 126 g/mol. The molecular formula is C6H10N2O. The van der Waals surface area contributed by atoms with Gasteiger partial charge in [-0.25, -0.2) is 0 Å². The highest BCUT2D eigenvalue weighted by molar-refractivity contribution is 4.89. The van der Waals surface area contributed by atoms with Crippen molar-refractivity contribution in [3.8, 4) is 6.19 Å². The first-order chi connectivity index (χ1) is 4.24. The fourth-order valence-electron chi connectivity index (χ4n) is 1.14. The molecule has 2 atom stereocenters. The fourth-order valence-corrected chi connectivity index (χ4v) is 1.14. The van der Waals surface area contributed by atoms with E-state index in [9.17, 15) is 0 Å². The molecule has 3 heteroatoms. The number of likely N-dealkylation sites (tertiary alicyclic amines) is 1. The summed E-state index contributed by atoms with van der Waals surface area (Å²) in [5.74, 6) is 0. The molecule has 0 aliphatic carbocycles. The highest BCUT2D eigenvalue weighted by Crippen LogP contribution is 2.14. The van der Waals surface area contributed by atoms with Gasteiger partial charge in [0.05, 0.1) is 12.6 Å². The van der Waals surface area contributed by atoms with E-state index < -0.39 is 0 Å². The Morgan fingerprint density at radius 3 is 2.67 bits per heavy atom. The van der Waals surface area contributed by atoms with Gasteiger partial charge in [-0.1, -0.05) is 0 Å². The normalized spacial score (nSPS) is 34.6. The van der Waals surface area contributed by atoms with Crippen molar-refractivity contribution in [1.82, 2.24) is 4.90 Å². The van der Waals surface area contributed by atoms with Gasteiger partial charge >= 0.3 is 0 Å². The Morgan fingerprint density at radius 1 is 1.78 bits per heavy atom. The number of rotatable bonds is 0. The number of hydrogen-bond acceptors (Lipinski definition) is 3. The molecule has 0 radical (unpaired) electrons. The zero-order valence-electron chi connectivity index (χ0n) is 5.41. The van der Waals surface area contributed by atoms with E-state index >= 15 is 0 Å². The molecule has 0 spiro atoms. The van der Waals surface area contributed by atoms with Gasteiger partial charge in [0, 0.05) is 6.04 Å². The second kappa shape index (κ2) is 2.24. The maximum Gasteiger partial charge on any atom is 0.179 e. The van der Waals surface area contributed by atoms with Crippen LogP contribution in [0.1, 0.15) is 13.3 Å². The van der Waals surface area contributed by atoms with Crippen LogP contribution in [0, 0.1) is 11.5 Å². The topological polar surface area (TPSA) is 47.3 Å². The van der Waals surface area contributed by atoms with Crippen molar-refractivity contribution in [2.24, 2.45) is 0 Å². The summed E-state index contributed by atoms with van der Waals surface area (Å²) < 4.78 is 0. The highest BCUT2D eigenvalue weighted by Gasteiger charge is 2.25.